The Kier molecular flexibility index (Phi) is 7.12. The van der Waals surface area contributed by atoms with Crippen LogP contribution in [-0.4, -0.2) is 11.6 Å². The summed E-state index contributed by atoms with van der Waals surface area (Å²) in [6.45, 7) is 0. The summed E-state index contributed by atoms with van der Waals surface area (Å²) in [7, 11) is 0. The summed E-state index contributed by atoms with van der Waals surface area (Å²) in [5.74, 6) is -0.447. The Morgan fingerprint density at radius 3 is 1.17 bits per heavy atom. The van der Waals surface area contributed by atoms with Crippen LogP contribution in [0.1, 0.15) is 26.3 Å². The molecule has 0 radical (unpaired) electrons. The second kappa shape index (κ2) is 11.9. The first-order valence-electron chi connectivity index (χ1n) is 15.7. The van der Waals surface area contributed by atoms with Crippen LogP contribution in [0.15, 0.2) is 175 Å². The van der Waals surface area contributed by atoms with Crippen LogP contribution in [0, 0.1) is 0 Å². The molecule has 0 aromatic heterocycles. The van der Waals surface area contributed by atoms with Crippen molar-refractivity contribution in [1.82, 2.24) is 0 Å². The molecule has 0 aliphatic heterocycles. The van der Waals surface area contributed by atoms with Crippen molar-refractivity contribution in [2.45, 2.75) is 0 Å². The maximum absolute atomic E-state index is 13.4. The molecule has 47 heavy (non-hydrogen) atoms. The van der Waals surface area contributed by atoms with E-state index in [0.29, 0.717) is 11.1 Å². The molecule has 1 aliphatic rings. The Bertz CT molecular complexity index is 2150. The van der Waals surface area contributed by atoms with Crippen LogP contribution in [0.5, 0.6) is 0 Å². The van der Waals surface area contributed by atoms with E-state index >= 15 is 0 Å². The maximum atomic E-state index is 13.4. The smallest absolute Gasteiger partial charge is 0.197 e. The molecule has 222 valence electrons. The minimum Gasteiger partial charge on any atom is -0.311 e. The van der Waals surface area contributed by atoms with Crippen LogP contribution in [0.4, 0.5) is 17.1 Å². The van der Waals surface area contributed by atoms with Crippen molar-refractivity contribution in [3.63, 3.8) is 0 Å². The summed E-state index contributed by atoms with van der Waals surface area (Å²) in [6.07, 6.45) is 1.72. The minimum atomic E-state index is -0.224. The number of hydrogen-bond donors (Lipinski definition) is 0. The van der Waals surface area contributed by atoms with Crippen molar-refractivity contribution in [1.29, 1.82) is 0 Å². The van der Waals surface area contributed by atoms with Gasteiger partial charge in [-0.3, -0.25) is 9.59 Å². The van der Waals surface area contributed by atoms with E-state index in [4.69, 9.17) is 0 Å². The van der Waals surface area contributed by atoms with Crippen LogP contribution in [0.25, 0.3) is 39.1 Å². The first-order chi connectivity index (χ1) is 23.1. The van der Waals surface area contributed by atoms with E-state index < -0.39 is 0 Å². The molecule has 7 aromatic carbocycles. The van der Waals surface area contributed by atoms with Crippen LogP contribution in [0.3, 0.4) is 0 Å². The van der Waals surface area contributed by atoms with Gasteiger partial charge in [0.2, 0.25) is 0 Å². The summed E-state index contributed by atoms with van der Waals surface area (Å²) >= 11 is 0. The van der Waals surface area contributed by atoms with Gasteiger partial charge < -0.3 is 4.90 Å². The number of benzene rings is 7. The number of allylic oxidation sites excluding steroid dienone is 1. The number of ketones is 2. The molecule has 0 saturated carbocycles. The Hall–Kier alpha value is -6.32. The minimum absolute atomic E-state index is 0.202. The van der Waals surface area contributed by atoms with Gasteiger partial charge >= 0.3 is 0 Å². The lowest BCUT2D eigenvalue weighted by Gasteiger charge is -2.26. The molecule has 3 nitrogen and oxygen atoms in total. The number of Topliss-reactive ketones (excluding diaryl/α,β-unsaturated/α-hetero) is 2. The molecule has 0 amide bonds. The van der Waals surface area contributed by atoms with E-state index in [1.165, 1.54) is 11.1 Å². The highest BCUT2D eigenvalue weighted by Crippen LogP contribution is 2.37. The van der Waals surface area contributed by atoms with Crippen molar-refractivity contribution in [2.75, 3.05) is 4.90 Å². The van der Waals surface area contributed by atoms with Gasteiger partial charge in [0.15, 0.2) is 11.6 Å². The molecular weight excluding hydrogens is 574 g/mol. The van der Waals surface area contributed by atoms with Gasteiger partial charge in [0.1, 0.15) is 0 Å². The molecule has 7 aromatic rings. The number of hydrogen-bond acceptors (Lipinski definition) is 3. The molecule has 0 fully saturated rings. The normalized spacial score (nSPS) is 12.3. The maximum Gasteiger partial charge on any atom is 0.197 e. The predicted molar refractivity (Wildman–Crippen MR) is 193 cm³/mol. The van der Waals surface area contributed by atoms with Crippen molar-refractivity contribution >= 4 is 45.5 Å². The molecule has 8 rings (SSSR count). The zero-order chi connectivity index (χ0) is 31.7. The standard InChI is InChI=1S/C44H29NO2/c46-43-40-28-35-13-7-8-14-36(35)29-41(40)44(47)42(43)27-30-15-21-37(22-16-30)45(38-23-17-33(18-24-38)31-9-3-1-4-10-31)39-25-19-34(20-26-39)32-11-5-2-6-12-32/h1-29H. The van der Waals surface area contributed by atoms with Crippen molar-refractivity contribution in [2.24, 2.45) is 0 Å². The highest BCUT2D eigenvalue weighted by Gasteiger charge is 2.33. The van der Waals surface area contributed by atoms with Gasteiger partial charge in [-0.2, -0.15) is 0 Å². The highest BCUT2D eigenvalue weighted by molar-refractivity contribution is 6.42. The van der Waals surface area contributed by atoms with E-state index in [0.717, 1.165) is 44.5 Å². The third kappa shape index (κ3) is 5.34. The average Bonchev–Trinajstić information content (AvgIpc) is 3.36. The number of carbonyl (C=O) groups excluding carboxylic acids is 2. The average molecular weight is 604 g/mol. The molecular formula is C44H29NO2. The first kappa shape index (κ1) is 28.2. The summed E-state index contributed by atoms with van der Waals surface area (Å²) < 4.78 is 0. The topological polar surface area (TPSA) is 37.4 Å². The van der Waals surface area contributed by atoms with Crippen molar-refractivity contribution in [3.05, 3.63) is 192 Å². The number of rotatable bonds is 6. The van der Waals surface area contributed by atoms with E-state index in [1.54, 1.807) is 6.08 Å². The van der Waals surface area contributed by atoms with Crippen LogP contribution < -0.4 is 4.90 Å². The number of anilines is 3. The van der Waals surface area contributed by atoms with E-state index in [2.05, 4.69) is 77.7 Å². The molecule has 0 spiro atoms. The van der Waals surface area contributed by atoms with Crippen molar-refractivity contribution in [3.8, 4) is 22.3 Å². The fourth-order valence-corrected chi connectivity index (χ4v) is 6.34. The second-order valence-electron chi connectivity index (χ2n) is 11.7. The lowest BCUT2D eigenvalue weighted by atomic mass is 10.0. The van der Waals surface area contributed by atoms with Crippen LogP contribution >= 0.6 is 0 Å². The number of carbonyl (C=O) groups is 2. The molecule has 0 saturated heterocycles. The largest absolute Gasteiger partial charge is 0.311 e. The van der Waals surface area contributed by atoms with Crippen molar-refractivity contribution < 1.29 is 9.59 Å². The van der Waals surface area contributed by atoms with Gasteiger partial charge in [-0.15, -0.1) is 0 Å². The zero-order valence-electron chi connectivity index (χ0n) is 25.5. The zero-order valence-corrected chi connectivity index (χ0v) is 25.5. The Morgan fingerprint density at radius 1 is 0.383 bits per heavy atom. The van der Waals surface area contributed by atoms with Gasteiger partial charge in [-0.1, -0.05) is 121 Å². The Morgan fingerprint density at radius 2 is 0.745 bits per heavy atom. The molecule has 0 bridgehead atoms. The van der Waals surface area contributed by atoms with Gasteiger partial charge in [0.05, 0.1) is 5.57 Å². The third-order valence-corrected chi connectivity index (χ3v) is 8.79. The van der Waals surface area contributed by atoms with Gasteiger partial charge in [-0.05, 0) is 93.2 Å². The number of nitrogens with zero attached hydrogens (tertiary/aromatic N) is 1. The van der Waals surface area contributed by atoms with Crippen LogP contribution in [0.2, 0.25) is 0 Å². The van der Waals surface area contributed by atoms with Gasteiger partial charge in [0, 0.05) is 28.2 Å². The fourth-order valence-electron chi connectivity index (χ4n) is 6.34. The molecule has 0 N–H and O–H groups in total. The Balaban J connectivity index is 1.14. The molecule has 0 atom stereocenters. The first-order valence-corrected chi connectivity index (χ1v) is 15.7. The quantitative estimate of drug-likeness (QED) is 0.140. The molecule has 0 heterocycles. The molecule has 1 aliphatic carbocycles. The molecule has 0 unspecified atom stereocenters. The highest BCUT2D eigenvalue weighted by atomic mass is 16.2. The van der Waals surface area contributed by atoms with Gasteiger partial charge in [-0.25, -0.2) is 0 Å². The summed E-state index contributed by atoms with van der Waals surface area (Å²) in [5.41, 5.74) is 9.58. The summed E-state index contributed by atoms with van der Waals surface area (Å²) in [6, 6.07) is 57.3. The van der Waals surface area contributed by atoms with Gasteiger partial charge in [0.25, 0.3) is 0 Å². The van der Waals surface area contributed by atoms with Crippen LogP contribution in [-0.2, 0) is 0 Å². The predicted octanol–water partition coefficient (Wildman–Crippen LogP) is 11.1. The van der Waals surface area contributed by atoms with E-state index in [1.807, 2.05) is 97.1 Å². The third-order valence-electron chi connectivity index (χ3n) is 8.79. The summed E-state index contributed by atoms with van der Waals surface area (Å²) in [5, 5.41) is 1.90. The monoisotopic (exact) mass is 603 g/mol. The lowest BCUT2D eigenvalue weighted by molar-refractivity contribution is 0.0990. The molecule has 3 heteroatoms. The van der Waals surface area contributed by atoms with E-state index in [9.17, 15) is 9.59 Å². The lowest BCUT2D eigenvalue weighted by Crippen LogP contribution is -2.09. The fraction of sp³-hybridized carbons (Fsp3) is 0. The Labute approximate surface area is 273 Å². The van der Waals surface area contributed by atoms with E-state index in [-0.39, 0.29) is 17.1 Å². The number of fused-ring (bicyclic) bond motifs is 2. The second-order valence-corrected chi connectivity index (χ2v) is 11.7. The SMILES string of the molecule is O=C1C(=Cc2ccc(N(c3ccc(-c4ccccc4)cc3)c3ccc(-c4ccccc4)cc3)cc2)C(=O)c2cc3ccccc3cc21. The summed E-state index contributed by atoms with van der Waals surface area (Å²) in [4.78, 5) is 28.9.